The number of carbonyl (C=O) groups is 1. The topological polar surface area (TPSA) is 73.6 Å². The molecule has 0 fully saturated rings. The largest absolute Gasteiger partial charge is 0.482 e. The summed E-state index contributed by atoms with van der Waals surface area (Å²) < 4.78 is 16.0. The Hall–Kier alpha value is -3.02. The Labute approximate surface area is 139 Å². The molecular formula is C18H18N2O4. The fourth-order valence-electron chi connectivity index (χ4n) is 2.25. The zero-order valence-corrected chi connectivity index (χ0v) is 13.5. The van der Waals surface area contributed by atoms with Crippen molar-refractivity contribution < 1.29 is 18.7 Å². The molecule has 0 aliphatic rings. The predicted octanol–water partition coefficient (Wildman–Crippen LogP) is 3.48. The molecule has 1 heterocycles. The van der Waals surface area contributed by atoms with Gasteiger partial charge < -0.3 is 19.2 Å². The highest BCUT2D eigenvalue weighted by atomic mass is 16.6. The van der Waals surface area contributed by atoms with Gasteiger partial charge in [0.05, 0.1) is 6.61 Å². The maximum atomic E-state index is 11.3. The molecule has 3 aromatic rings. The first kappa shape index (κ1) is 15.9. The maximum absolute atomic E-state index is 11.3. The van der Waals surface area contributed by atoms with E-state index in [0.29, 0.717) is 18.2 Å². The van der Waals surface area contributed by atoms with Gasteiger partial charge in [0.15, 0.2) is 12.2 Å². The normalized spacial score (nSPS) is 10.6. The van der Waals surface area contributed by atoms with Crippen LogP contribution in [0.1, 0.15) is 6.92 Å². The Kier molecular flexibility index (Phi) is 4.65. The van der Waals surface area contributed by atoms with Gasteiger partial charge in [-0.25, -0.2) is 9.78 Å². The van der Waals surface area contributed by atoms with Crippen molar-refractivity contribution in [3.8, 4) is 17.2 Å². The zero-order chi connectivity index (χ0) is 16.9. The van der Waals surface area contributed by atoms with Gasteiger partial charge in [0.2, 0.25) is 5.89 Å². The second-order valence-electron chi connectivity index (χ2n) is 5.07. The summed E-state index contributed by atoms with van der Waals surface area (Å²) >= 11 is 0. The highest BCUT2D eigenvalue weighted by Gasteiger charge is 2.09. The van der Waals surface area contributed by atoms with E-state index in [2.05, 4.69) is 10.3 Å². The molecule has 0 aliphatic carbocycles. The molecule has 6 heteroatoms. The van der Waals surface area contributed by atoms with Crippen molar-refractivity contribution in [2.75, 3.05) is 25.6 Å². The number of benzene rings is 2. The van der Waals surface area contributed by atoms with E-state index < -0.39 is 0 Å². The van der Waals surface area contributed by atoms with Crippen molar-refractivity contribution in [2.45, 2.75) is 6.92 Å². The molecule has 0 saturated heterocycles. The molecule has 0 saturated carbocycles. The van der Waals surface area contributed by atoms with Crippen LogP contribution in [0.2, 0.25) is 0 Å². The van der Waals surface area contributed by atoms with Crippen LogP contribution < -0.4 is 10.1 Å². The Morgan fingerprint density at radius 2 is 2.00 bits per heavy atom. The predicted molar refractivity (Wildman–Crippen MR) is 91.1 cm³/mol. The number of rotatable bonds is 6. The van der Waals surface area contributed by atoms with E-state index >= 15 is 0 Å². The number of ether oxygens (including phenoxy) is 2. The number of aromatic nitrogens is 1. The van der Waals surface area contributed by atoms with Crippen molar-refractivity contribution in [2.24, 2.45) is 0 Å². The fraction of sp³-hybridized carbons (Fsp3) is 0.222. The number of fused-ring (bicyclic) bond motifs is 1. The minimum Gasteiger partial charge on any atom is -0.482 e. The molecule has 0 spiro atoms. The van der Waals surface area contributed by atoms with Crippen molar-refractivity contribution in [1.29, 1.82) is 0 Å². The molecule has 3 rings (SSSR count). The van der Waals surface area contributed by atoms with Crippen molar-refractivity contribution in [3.05, 3.63) is 42.5 Å². The molecule has 0 amide bonds. The standard InChI is InChI=1S/C18H18N2O4/c1-3-22-17(21)11-23-14-7-4-12(5-8-14)18-20-15-10-13(19-2)6-9-16(15)24-18/h4-10,19H,3,11H2,1-2H3. The molecule has 0 atom stereocenters. The molecule has 24 heavy (non-hydrogen) atoms. The summed E-state index contributed by atoms with van der Waals surface area (Å²) in [6.45, 7) is 1.99. The first-order valence-corrected chi connectivity index (χ1v) is 7.67. The lowest BCUT2D eigenvalue weighted by molar-refractivity contribution is -0.145. The number of nitrogens with zero attached hydrogens (tertiary/aromatic N) is 1. The maximum Gasteiger partial charge on any atom is 0.344 e. The van der Waals surface area contributed by atoms with Crippen LogP contribution in [-0.4, -0.2) is 31.2 Å². The lowest BCUT2D eigenvalue weighted by atomic mass is 10.2. The number of carbonyl (C=O) groups excluding carboxylic acids is 1. The average molecular weight is 326 g/mol. The molecule has 1 aromatic heterocycles. The average Bonchev–Trinajstić information content (AvgIpc) is 3.03. The third-order valence-corrected chi connectivity index (χ3v) is 3.44. The second-order valence-corrected chi connectivity index (χ2v) is 5.07. The van der Waals surface area contributed by atoms with Crippen molar-refractivity contribution >= 4 is 22.8 Å². The van der Waals surface area contributed by atoms with Crippen LogP contribution in [0.5, 0.6) is 5.75 Å². The first-order valence-electron chi connectivity index (χ1n) is 7.67. The Balaban J connectivity index is 1.74. The van der Waals surface area contributed by atoms with Crippen LogP contribution in [0.25, 0.3) is 22.6 Å². The van der Waals surface area contributed by atoms with Gasteiger partial charge in [0.1, 0.15) is 11.3 Å². The van der Waals surface area contributed by atoms with Gasteiger partial charge in [0.25, 0.3) is 0 Å². The van der Waals surface area contributed by atoms with E-state index in [4.69, 9.17) is 13.9 Å². The first-order chi connectivity index (χ1) is 11.7. The number of nitrogens with one attached hydrogen (secondary N) is 1. The van der Waals surface area contributed by atoms with Gasteiger partial charge in [-0.3, -0.25) is 0 Å². The quantitative estimate of drug-likeness (QED) is 0.699. The SMILES string of the molecule is CCOC(=O)COc1ccc(-c2nc3cc(NC)ccc3o2)cc1. The van der Waals surface area contributed by atoms with Crippen LogP contribution in [0, 0.1) is 0 Å². The number of hydrogen-bond acceptors (Lipinski definition) is 6. The molecule has 1 N–H and O–H groups in total. The second kappa shape index (κ2) is 7.04. The fourth-order valence-corrected chi connectivity index (χ4v) is 2.25. The van der Waals surface area contributed by atoms with Crippen LogP contribution in [0.4, 0.5) is 5.69 Å². The van der Waals surface area contributed by atoms with Gasteiger partial charge in [-0.05, 0) is 49.4 Å². The highest BCUT2D eigenvalue weighted by Crippen LogP contribution is 2.27. The van der Waals surface area contributed by atoms with Crippen LogP contribution >= 0.6 is 0 Å². The van der Waals surface area contributed by atoms with Gasteiger partial charge in [-0.15, -0.1) is 0 Å². The molecule has 0 unspecified atom stereocenters. The van der Waals surface area contributed by atoms with E-state index in [-0.39, 0.29) is 12.6 Å². The van der Waals surface area contributed by atoms with E-state index in [9.17, 15) is 4.79 Å². The van der Waals surface area contributed by atoms with E-state index in [0.717, 1.165) is 22.4 Å². The van der Waals surface area contributed by atoms with Gasteiger partial charge >= 0.3 is 5.97 Å². The molecule has 0 bridgehead atoms. The minimum absolute atomic E-state index is 0.108. The molecule has 0 aliphatic heterocycles. The summed E-state index contributed by atoms with van der Waals surface area (Å²) in [6.07, 6.45) is 0. The monoisotopic (exact) mass is 326 g/mol. The van der Waals surface area contributed by atoms with Gasteiger partial charge in [-0.1, -0.05) is 0 Å². The minimum atomic E-state index is -0.388. The molecular weight excluding hydrogens is 308 g/mol. The summed E-state index contributed by atoms with van der Waals surface area (Å²) in [6, 6.07) is 13.0. The van der Waals surface area contributed by atoms with E-state index in [1.807, 2.05) is 37.4 Å². The number of anilines is 1. The van der Waals surface area contributed by atoms with Crippen molar-refractivity contribution in [1.82, 2.24) is 4.98 Å². The third kappa shape index (κ3) is 3.48. The summed E-state index contributed by atoms with van der Waals surface area (Å²) in [5, 5.41) is 3.07. The third-order valence-electron chi connectivity index (χ3n) is 3.44. The summed E-state index contributed by atoms with van der Waals surface area (Å²) in [4.78, 5) is 15.8. The smallest absolute Gasteiger partial charge is 0.344 e. The zero-order valence-electron chi connectivity index (χ0n) is 13.5. The Morgan fingerprint density at radius 3 is 2.71 bits per heavy atom. The summed E-state index contributed by atoms with van der Waals surface area (Å²) in [5.74, 6) is 0.733. The Bertz CT molecular complexity index is 840. The van der Waals surface area contributed by atoms with E-state index in [1.54, 1.807) is 19.1 Å². The molecule has 2 aromatic carbocycles. The lowest BCUT2D eigenvalue weighted by Gasteiger charge is -2.05. The van der Waals surface area contributed by atoms with E-state index in [1.165, 1.54) is 0 Å². The van der Waals surface area contributed by atoms with Crippen LogP contribution in [-0.2, 0) is 9.53 Å². The van der Waals surface area contributed by atoms with Crippen LogP contribution in [0.15, 0.2) is 46.9 Å². The molecule has 6 nitrogen and oxygen atoms in total. The summed E-state index contributed by atoms with van der Waals surface area (Å²) in [7, 11) is 1.86. The lowest BCUT2D eigenvalue weighted by Crippen LogP contribution is -2.14. The van der Waals surface area contributed by atoms with Gasteiger partial charge in [-0.2, -0.15) is 0 Å². The summed E-state index contributed by atoms with van der Waals surface area (Å²) in [5.41, 5.74) is 3.33. The van der Waals surface area contributed by atoms with Crippen LogP contribution in [0.3, 0.4) is 0 Å². The molecule has 0 radical (unpaired) electrons. The van der Waals surface area contributed by atoms with Gasteiger partial charge in [0, 0.05) is 18.3 Å². The molecule has 124 valence electrons. The number of hydrogen-bond donors (Lipinski definition) is 1. The highest BCUT2D eigenvalue weighted by molar-refractivity contribution is 5.80. The number of esters is 1. The van der Waals surface area contributed by atoms with Crippen molar-refractivity contribution in [3.63, 3.8) is 0 Å². The Morgan fingerprint density at radius 1 is 1.21 bits per heavy atom. The number of oxazole rings is 1.